The first-order valence-corrected chi connectivity index (χ1v) is 5.81. The van der Waals surface area contributed by atoms with Crippen molar-refractivity contribution < 1.29 is 10.2 Å². The van der Waals surface area contributed by atoms with Gasteiger partial charge in [0, 0.05) is 13.1 Å². The molecule has 0 aromatic heterocycles. The maximum atomic E-state index is 10.2. The first-order valence-electron chi connectivity index (χ1n) is 5.81. The molecule has 1 aliphatic carbocycles. The molecule has 2 rings (SSSR count). The van der Waals surface area contributed by atoms with E-state index < -0.39 is 5.60 Å². The number of hydrogen-bond acceptors (Lipinski definition) is 3. The lowest BCUT2D eigenvalue weighted by atomic mass is 9.99. The molecule has 0 amide bonds. The van der Waals surface area contributed by atoms with E-state index in [-0.39, 0.29) is 6.10 Å². The smallest absolute Gasteiger partial charge is 0.0774 e. The average molecular weight is 199 g/mol. The second-order valence-electron chi connectivity index (χ2n) is 4.96. The van der Waals surface area contributed by atoms with Crippen molar-refractivity contribution in [1.29, 1.82) is 0 Å². The van der Waals surface area contributed by atoms with Crippen LogP contribution in [0.3, 0.4) is 0 Å². The molecule has 0 spiro atoms. The van der Waals surface area contributed by atoms with Crippen LogP contribution in [0.5, 0.6) is 0 Å². The summed E-state index contributed by atoms with van der Waals surface area (Å²) in [7, 11) is 0. The van der Waals surface area contributed by atoms with E-state index >= 15 is 0 Å². The molecule has 2 N–H and O–H groups in total. The Labute approximate surface area is 85.7 Å². The largest absolute Gasteiger partial charge is 0.392 e. The second kappa shape index (κ2) is 4.17. The third-order valence-corrected chi connectivity index (χ3v) is 3.53. The van der Waals surface area contributed by atoms with E-state index in [4.69, 9.17) is 0 Å². The van der Waals surface area contributed by atoms with Gasteiger partial charge in [-0.05, 0) is 32.2 Å². The Kier molecular flexibility index (Phi) is 3.10. The molecule has 1 saturated heterocycles. The van der Waals surface area contributed by atoms with Gasteiger partial charge in [0.2, 0.25) is 0 Å². The molecular formula is C11H21NO2. The molecule has 0 aromatic carbocycles. The molecule has 82 valence electrons. The highest BCUT2D eigenvalue weighted by atomic mass is 16.3. The van der Waals surface area contributed by atoms with Gasteiger partial charge in [-0.15, -0.1) is 0 Å². The van der Waals surface area contributed by atoms with Crippen molar-refractivity contribution in [2.45, 2.75) is 50.2 Å². The third-order valence-electron chi connectivity index (χ3n) is 3.53. The number of piperidine rings is 1. The standard InChI is InChI=1S/C11H21NO2/c13-10-4-3-7-12(8-10)9-11(14)5-1-2-6-11/h10,13-14H,1-9H2. The van der Waals surface area contributed by atoms with Crippen LogP contribution in [-0.4, -0.2) is 46.5 Å². The summed E-state index contributed by atoms with van der Waals surface area (Å²) in [6, 6.07) is 0. The third kappa shape index (κ3) is 2.47. The number of likely N-dealkylation sites (tertiary alicyclic amines) is 1. The van der Waals surface area contributed by atoms with E-state index in [0.717, 1.165) is 58.2 Å². The number of β-amino-alcohol motifs (C(OH)–C–C–N with tert-alkyl or cyclic N) is 2. The SMILES string of the molecule is OC1CCCN(CC2(O)CCCC2)C1. The van der Waals surface area contributed by atoms with Gasteiger partial charge < -0.3 is 10.2 Å². The van der Waals surface area contributed by atoms with Crippen LogP contribution in [0.25, 0.3) is 0 Å². The van der Waals surface area contributed by atoms with Crippen molar-refractivity contribution in [3.8, 4) is 0 Å². The Balaban J connectivity index is 1.83. The summed E-state index contributed by atoms with van der Waals surface area (Å²) in [5.41, 5.74) is -0.447. The van der Waals surface area contributed by atoms with Crippen molar-refractivity contribution in [1.82, 2.24) is 4.90 Å². The minimum absolute atomic E-state index is 0.172. The highest BCUT2D eigenvalue weighted by Gasteiger charge is 2.34. The molecule has 2 fully saturated rings. The van der Waals surface area contributed by atoms with E-state index in [1.54, 1.807) is 0 Å². The lowest BCUT2D eigenvalue weighted by Gasteiger charge is -2.35. The Morgan fingerprint density at radius 3 is 2.57 bits per heavy atom. The van der Waals surface area contributed by atoms with Gasteiger partial charge in [0.15, 0.2) is 0 Å². The molecule has 1 heterocycles. The van der Waals surface area contributed by atoms with E-state index in [2.05, 4.69) is 4.90 Å². The molecule has 3 heteroatoms. The van der Waals surface area contributed by atoms with Crippen LogP contribution in [0.1, 0.15) is 38.5 Å². The second-order valence-corrected chi connectivity index (χ2v) is 4.96. The summed E-state index contributed by atoms with van der Waals surface area (Å²) in [6.45, 7) is 2.56. The zero-order chi connectivity index (χ0) is 10.0. The van der Waals surface area contributed by atoms with Gasteiger partial charge in [0.05, 0.1) is 11.7 Å². The number of nitrogens with zero attached hydrogens (tertiary/aromatic N) is 1. The van der Waals surface area contributed by atoms with Crippen molar-refractivity contribution in [3.63, 3.8) is 0 Å². The van der Waals surface area contributed by atoms with Crippen LogP contribution >= 0.6 is 0 Å². The maximum absolute atomic E-state index is 10.2. The molecule has 1 aliphatic heterocycles. The summed E-state index contributed by atoms with van der Waals surface area (Å²) in [5.74, 6) is 0. The molecule has 0 aromatic rings. The molecule has 0 radical (unpaired) electrons. The number of rotatable bonds is 2. The molecule has 0 bridgehead atoms. The lowest BCUT2D eigenvalue weighted by Crippen LogP contribution is -2.46. The van der Waals surface area contributed by atoms with Crippen molar-refractivity contribution in [2.75, 3.05) is 19.6 Å². The van der Waals surface area contributed by atoms with Gasteiger partial charge in [-0.2, -0.15) is 0 Å². The quantitative estimate of drug-likeness (QED) is 0.689. The van der Waals surface area contributed by atoms with Gasteiger partial charge in [0.25, 0.3) is 0 Å². The van der Waals surface area contributed by atoms with Crippen molar-refractivity contribution in [2.24, 2.45) is 0 Å². The van der Waals surface area contributed by atoms with Gasteiger partial charge >= 0.3 is 0 Å². The first-order chi connectivity index (χ1) is 6.68. The highest BCUT2D eigenvalue weighted by molar-refractivity contribution is 4.88. The monoisotopic (exact) mass is 199 g/mol. The predicted octanol–water partition coefficient (Wildman–Crippen LogP) is 0.748. The Morgan fingerprint density at radius 2 is 1.93 bits per heavy atom. The zero-order valence-electron chi connectivity index (χ0n) is 8.78. The Morgan fingerprint density at radius 1 is 1.21 bits per heavy atom. The minimum atomic E-state index is -0.447. The van der Waals surface area contributed by atoms with Crippen LogP contribution < -0.4 is 0 Å². The first kappa shape index (κ1) is 10.4. The van der Waals surface area contributed by atoms with Crippen LogP contribution in [0, 0.1) is 0 Å². The molecular weight excluding hydrogens is 178 g/mol. The van der Waals surface area contributed by atoms with E-state index in [1.807, 2.05) is 0 Å². The van der Waals surface area contributed by atoms with E-state index in [0.29, 0.717) is 0 Å². The van der Waals surface area contributed by atoms with Gasteiger partial charge in [-0.1, -0.05) is 12.8 Å². The topological polar surface area (TPSA) is 43.7 Å². The van der Waals surface area contributed by atoms with Gasteiger partial charge in [-0.25, -0.2) is 0 Å². The normalized spacial score (nSPS) is 33.4. The number of aliphatic hydroxyl groups is 2. The molecule has 2 aliphatic rings. The molecule has 1 saturated carbocycles. The van der Waals surface area contributed by atoms with E-state index in [9.17, 15) is 10.2 Å². The molecule has 14 heavy (non-hydrogen) atoms. The summed E-state index contributed by atoms with van der Waals surface area (Å²) in [4.78, 5) is 2.22. The summed E-state index contributed by atoms with van der Waals surface area (Å²) < 4.78 is 0. The van der Waals surface area contributed by atoms with E-state index in [1.165, 1.54) is 0 Å². The summed E-state index contributed by atoms with van der Waals surface area (Å²) in [6.07, 6.45) is 6.03. The maximum Gasteiger partial charge on any atom is 0.0774 e. The predicted molar refractivity (Wildman–Crippen MR) is 55.1 cm³/mol. The fourth-order valence-corrected chi connectivity index (χ4v) is 2.78. The van der Waals surface area contributed by atoms with Crippen molar-refractivity contribution >= 4 is 0 Å². The molecule has 3 nitrogen and oxygen atoms in total. The van der Waals surface area contributed by atoms with Gasteiger partial charge in [-0.3, -0.25) is 4.90 Å². The van der Waals surface area contributed by atoms with Crippen LogP contribution in [0.15, 0.2) is 0 Å². The Hall–Kier alpha value is -0.120. The lowest BCUT2D eigenvalue weighted by molar-refractivity contribution is -0.0163. The summed E-state index contributed by atoms with van der Waals surface area (Å²) >= 11 is 0. The minimum Gasteiger partial charge on any atom is -0.392 e. The Bertz CT molecular complexity index is 190. The average Bonchev–Trinajstić information content (AvgIpc) is 2.51. The van der Waals surface area contributed by atoms with Gasteiger partial charge in [0.1, 0.15) is 0 Å². The fraction of sp³-hybridized carbons (Fsp3) is 1.00. The summed E-state index contributed by atoms with van der Waals surface area (Å²) in [5, 5.41) is 19.7. The van der Waals surface area contributed by atoms with Crippen LogP contribution in [0.2, 0.25) is 0 Å². The number of aliphatic hydroxyl groups excluding tert-OH is 1. The van der Waals surface area contributed by atoms with Crippen molar-refractivity contribution in [3.05, 3.63) is 0 Å². The molecule has 1 atom stereocenters. The highest BCUT2D eigenvalue weighted by Crippen LogP contribution is 2.30. The van der Waals surface area contributed by atoms with Crippen LogP contribution in [-0.2, 0) is 0 Å². The fourth-order valence-electron chi connectivity index (χ4n) is 2.78. The zero-order valence-corrected chi connectivity index (χ0v) is 8.78. The number of hydrogen-bond donors (Lipinski definition) is 2. The van der Waals surface area contributed by atoms with Crippen LogP contribution in [0.4, 0.5) is 0 Å². The molecule has 1 unspecified atom stereocenters.